The van der Waals surface area contributed by atoms with Crippen molar-refractivity contribution in [3.05, 3.63) is 46.0 Å². The number of benzene rings is 1. The van der Waals surface area contributed by atoms with Gasteiger partial charge in [-0.05, 0) is 25.7 Å². The van der Waals surface area contributed by atoms with Gasteiger partial charge >= 0.3 is 0 Å². The van der Waals surface area contributed by atoms with Crippen molar-refractivity contribution in [2.45, 2.75) is 25.7 Å². The number of carbonyl (C=O) groups excluding carboxylic acids is 2. The third kappa shape index (κ3) is 2.53. The molecule has 2 fully saturated rings. The third-order valence-corrected chi connectivity index (χ3v) is 7.08. The predicted octanol–water partition coefficient (Wildman–Crippen LogP) is 1.80. The average molecular weight is 360 g/mol. The molecular weight excluding hydrogens is 340 g/mol. The van der Waals surface area contributed by atoms with Gasteiger partial charge in [-0.25, -0.2) is 8.42 Å². The Morgan fingerprint density at radius 2 is 1.28 bits per heavy atom. The highest BCUT2D eigenvalue weighted by Crippen LogP contribution is 2.35. The number of hydrogen-bond acceptors (Lipinski definition) is 5. The second-order valence-corrected chi connectivity index (χ2v) is 8.56. The molecule has 1 aromatic rings. The van der Waals surface area contributed by atoms with Crippen molar-refractivity contribution in [3.63, 3.8) is 0 Å². The van der Waals surface area contributed by atoms with E-state index in [4.69, 9.17) is 0 Å². The van der Waals surface area contributed by atoms with Crippen LogP contribution >= 0.6 is 0 Å². The fourth-order valence-electron chi connectivity index (χ4n) is 3.86. The SMILES string of the molecule is O=C1C(N2CCCC2)=C(S(=O)(=O)N2CCCC2)C(=O)c2ccccc21. The summed E-state index contributed by atoms with van der Waals surface area (Å²) in [4.78, 5) is 27.6. The lowest BCUT2D eigenvalue weighted by atomic mass is 9.92. The highest BCUT2D eigenvalue weighted by Gasteiger charge is 2.44. The number of carbonyl (C=O) groups is 2. The van der Waals surface area contributed by atoms with Crippen LogP contribution in [0.15, 0.2) is 34.9 Å². The Morgan fingerprint density at radius 1 is 0.760 bits per heavy atom. The fourth-order valence-corrected chi connectivity index (χ4v) is 5.67. The van der Waals surface area contributed by atoms with Crippen LogP contribution in [0.25, 0.3) is 0 Å². The molecule has 0 N–H and O–H groups in total. The lowest BCUT2D eigenvalue weighted by Gasteiger charge is -2.29. The number of ketones is 2. The Labute approximate surface area is 147 Å². The van der Waals surface area contributed by atoms with Crippen molar-refractivity contribution in [2.24, 2.45) is 0 Å². The molecule has 1 aliphatic carbocycles. The van der Waals surface area contributed by atoms with E-state index in [9.17, 15) is 18.0 Å². The summed E-state index contributed by atoms with van der Waals surface area (Å²) in [6.45, 7) is 2.02. The standard InChI is InChI=1S/C18H20N2O4S/c21-16-13-7-1-2-8-14(13)17(22)18(15(16)19-9-3-4-10-19)25(23,24)20-11-5-6-12-20/h1-2,7-8H,3-6,9-12H2. The molecule has 0 saturated carbocycles. The van der Waals surface area contributed by atoms with Crippen molar-refractivity contribution in [3.8, 4) is 0 Å². The first kappa shape index (κ1) is 16.5. The summed E-state index contributed by atoms with van der Waals surface area (Å²) >= 11 is 0. The van der Waals surface area contributed by atoms with E-state index in [-0.39, 0.29) is 21.9 Å². The van der Waals surface area contributed by atoms with E-state index in [2.05, 4.69) is 0 Å². The topological polar surface area (TPSA) is 74.8 Å². The molecule has 0 aromatic heterocycles. The zero-order chi connectivity index (χ0) is 17.6. The van der Waals surface area contributed by atoms with Gasteiger partial charge in [0.05, 0.1) is 0 Å². The number of fused-ring (bicyclic) bond motifs is 1. The Hall–Kier alpha value is -1.99. The molecule has 3 aliphatic rings. The Kier molecular flexibility index (Phi) is 4.00. The Morgan fingerprint density at radius 3 is 1.88 bits per heavy atom. The van der Waals surface area contributed by atoms with Crippen molar-refractivity contribution >= 4 is 21.6 Å². The minimum Gasteiger partial charge on any atom is -0.367 e. The van der Waals surface area contributed by atoms with Crippen LogP contribution in [0.1, 0.15) is 46.4 Å². The lowest BCUT2D eigenvalue weighted by molar-refractivity contribution is 0.0952. The number of rotatable bonds is 3. The molecule has 0 amide bonds. The van der Waals surface area contributed by atoms with Crippen LogP contribution in [0.2, 0.25) is 0 Å². The number of likely N-dealkylation sites (tertiary alicyclic amines) is 1. The van der Waals surface area contributed by atoms with E-state index in [0.29, 0.717) is 31.7 Å². The van der Waals surface area contributed by atoms with Gasteiger partial charge in [-0.3, -0.25) is 9.59 Å². The predicted molar refractivity (Wildman–Crippen MR) is 92.7 cm³/mol. The van der Waals surface area contributed by atoms with Gasteiger partial charge in [-0.15, -0.1) is 0 Å². The van der Waals surface area contributed by atoms with Crippen molar-refractivity contribution in [1.29, 1.82) is 0 Å². The summed E-state index contributed by atoms with van der Waals surface area (Å²) in [7, 11) is -3.97. The van der Waals surface area contributed by atoms with Gasteiger partial charge in [0.25, 0.3) is 0 Å². The molecule has 1 aromatic carbocycles. The maximum atomic E-state index is 13.2. The first-order valence-corrected chi connectivity index (χ1v) is 10.1. The van der Waals surface area contributed by atoms with Gasteiger partial charge in [0, 0.05) is 37.3 Å². The van der Waals surface area contributed by atoms with E-state index >= 15 is 0 Å². The molecule has 132 valence electrons. The van der Waals surface area contributed by atoms with Crippen molar-refractivity contribution in [2.75, 3.05) is 26.2 Å². The molecule has 2 aliphatic heterocycles. The van der Waals surface area contributed by atoms with E-state index in [1.807, 2.05) is 0 Å². The molecule has 0 bridgehead atoms. The maximum absolute atomic E-state index is 13.2. The lowest BCUT2D eigenvalue weighted by Crippen LogP contribution is -2.40. The van der Waals surface area contributed by atoms with Gasteiger partial charge in [-0.1, -0.05) is 24.3 Å². The first-order chi connectivity index (χ1) is 12.0. The van der Waals surface area contributed by atoms with Crippen LogP contribution in [0.3, 0.4) is 0 Å². The minimum atomic E-state index is -3.97. The highest BCUT2D eigenvalue weighted by atomic mass is 32.2. The molecule has 0 unspecified atom stereocenters. The minimum absolute atomic E-state index is 0.0769. The average Bonchev–Trinajstić information content (AvgIpc) is 3.31. The molecule has 6 nitrogen and oxygen atoms in total. The molecule has 0 spiro atoms. The Balaban J connectivity index is 1.93. The largest absolute Gasteiger partial charge is 0.367 e. The summed E-state index contributed by atoms with van der Waals surface area (Å²) in [5.41, 5.74) is 0.566. The highest BCUT2D eigenvalue weighted by molar-refractivity contribution is 7.94. The smallest absolute Gasteiger partial charge is 0.249 e. The first-order valence-electron chi connectivity index (χ1n) is 8.69. The third-order valence-electron chi connectivity index (χ3n) is 5.14. The van der Waals surface area contributed by atoms with E-state index in [0.717, 1.165) is 25.7 Å². The van der Waals surface area contributed by atoms with Crippen LogP contribution in [-0.2, 0) is 10.0 Å². The van der Waals surface area contributed by atoms with Crippen LogP contribution < -0.4 is 0 Å². The van der Waals surface area contributed by atoms with E-state index in [1.165, 1.54) is 10.4 Å². The number of Topliss-reactive ketones (excluding diaryl/α,β-unsaturated/α-hetero) is 2. The van der Waals surface area contributed by atoms with Gasteiger partial charge in [-0.2, -0.15) is 4.31 Å². The number of nitrogens with zero attached hydrogens (tertiary/aromatic N) is 2. The van der Waals surface area contributed by atoms with Gasteiger partial charge in [0.2, 0.25) is 21.6 Å². The summed E-state index contributed by atoms with van der Waals surface area (Å²) in [5.74, 6) is -0.904. The zero-order valence-corrected chi connectivity index (χ0v) is 14.7. The number of hydrogen-bond donors (Lipinski definition) is 0. The normalized spacial score (nSPS) is 22.0. The maximum Gasteiger partial charge on any atom is 0.249 e. The molecule has 0 atom stereocenters. The zero-order valence-electron chi connectivity index (χ0n) is 13.9. The molecule has 2 saturated heterocycles. The van der Waals surface area contributed by atoms with E-state index in [1.54, 1.807) is 23.1 Å². The Bertz CT molecular complexity index is 876. The monoisotopic (exact) mass is 360 g/mol. The molecule has 2 heterocycles. The number of sulfonamides is 1. The molecular formula is C18H20N2O4S. The van der Waals surface area contributed by atoms with E-state index < -0.39 is 15.8 Å². The van der Waals surface area contributed by atoms with Crippen LogP contribution in [0.4, 0.5) is 0 Å². The van der Waals surface area contributed by atoms with Gasteiger partial charge < -0.3 is 4.90 Å². The fraction of sp³-hybridized carbons (Fsp3) is 0.444. The molecule has 7 heteroatoms. The summed E-state index contributed by atoms with van der Waals surface area (Å²) in [6, 6.07) is 6.50. The van der Waals surface area contributed by atoms with Gasteiger partial charge in [0.15, 0.2) is 4.91 Å². The number of allylic oxidation sites excluding steroid dienone is 2. The van der Waals surface area contributed by atoms with Crippen molar-refractivity contribution < 1.29 is 18.0 Å². The van der Waals surface area contributed by atoms with Crippen LogP contribution in [-0.4, -0.2) is 55.4 Å². The molecule has 4 rings (SSSR count). The van der Waals surface area contributed by atoms with Crippen molar-refractivity contribution in [1.82, 2.24) is 9.21 Å². The second kappa shape index (κ2) is 6.07. The van der Waals surface area contributed by atoms with Gasteiger partial charge in [0.1, 0.15) is 5.70 Å². The summed E-state index contributed by atoms with van der Waals surface area (Å²) in [6.07, 6.45) is 3.35. The molecule has 0 radical (unpaired) electrons. The second-order valence-electron chi connectivity index (χ2n) is 6.69. The van der Waals surface area contributed by atoms with Crippen LogP contribution in [0, 0.1) is 0 Å². The molecule has 25 heavy (non-hydrogen) atoms. The quantitative estimate of drug-likeness (QED) is 0.822. The van der Waals surface area contributed by atoms with Crippen LogP contribution in [0.5, 0.6) is 0 Å². The summed E-state index contributed by atoms with van der Waals surface area (Å²) in [5, 5.41) is 0. The summed E-state index contributed by atoms with van der Waals surface area (Å²) < 4.78 is 27.7.